The van der Waals surface area contributed by atoms with Gasteiger partial charge >= 0.3 is 0 Å². The van der Waals surface area contributed by atoms with E-state index in [-0.39, 0.29) is 11.3 Å². The molecule has 0 fully saturated rings. The first kappa shape index (κ1) is 14.0. The monoisotopic (exact) mass is 276 g/mol. The van der Waals surface area contributed by atoms with Crippen LogP contribution >= 0.6 is 0 Å². The Hall–Kier alpha value is -2.43. The van der Waals surface area contributed by atoms with Crippen LogP contribution in [0.25, 0.3) is 0 Å². The van der Waals surface area contributed by atoms with Gasteiger partial charge in [0.05, 0.1) is 11.3 Å². The van der Waals surface area contributed by atoms with Crippen LogP contribution in [-0.2, 0) is 0 Å². The number of amides is 1. The van der Waals surface area contributed by atoms with Crippen LogP contribution in [0.3, 0.4) is 0 Å². The summed E-state index contributed by atoms with van der Waals surface area (Å²) in [7, 11) is 0. The molecule has 0 aliphatic carbocycles. The fourth-order valence-corrected chi connectivity index (χ4v) is 1.96. The van der Waals surface area contributed by atoms with E-state index in [1.165, 1.54) is 4.90 Å². The van der Waals surface area contributed by atoms with Crippen molar-refractivity contribution in [3.8, 4) is 0 Å². The largest absolute Gasteiger partial charge is 0.396 e. The van der Waals surface area contributed by atoms with Crippen molar-refractivity contribution < 1.29 is 13.6 Å². The van der Waals surface area contributed by atoms with E-state index >= 15 is 0 Å². The Morgan fingerprint density at radius 2 is 1.85 bits per heavy atom. The third-order valence-electron chi connectivity index (χ3n) is 2.93. The summed E-state index contributed by atoms with van der Waals surface area (Å²) in [5, 5.41) is 0. The highest BCUT2D eigenvalue weighted by Gasteiger charge is 2.21. The van der Waals surface area contributed by atoms with E-state index in [0.29, 0.717) is 12.2 Å². The van der Waals surface area contributed by atoms with Crippen LogP contribution < -0.4 is 10.6 Å². The number of nitrogens with two attached hydrogens (primary N) is 1. The number of anilines is 2. The van der Waals surface area contributed by atoms with Gasteiger partial charge in [-0.15, -0.1) is 0 Å². The first-order valence-electron chi connectivity index (χ1n) is 6.16. The van der Waals surface area contributed by atoms with Gasteiger partial charge in [-0.3, -0.25) is 4.79 Å². The summed E-state index contributed by atoms with van der Waals surface area (Å²) >= 11 is 0. The number of hydrogen-bond donors (Lipinski definition) is 1. The second-order valence-corrected chi connectivity index (χ2v) is 4.24. The molecule has 0 saturated heterocycles. The minimum absolute atomic E-state index is 0.332. The highest BCUT2D eigenvalue weighted by atomic mass is 19.1. The molecule has 0 unspecified atom stereocenters. The molecular formula is C15H14F2N2O. The van der Waals surface area contributed by atoms with Gasteiger partial charge in [0.25, 0.3) is 5.91 Å². The summed E-state index contributed by atoms with van der Waals surface area (Å²) in [6.07, 6.45) is 0. The van der Waals surface area contributed by atoms with Gasteiger partial charge in [0, 0.05) is 12.2 Å². The van der Waals surface area contributed by atoms with Crippen molar-refractivity contribution in [1.82, 2.24) is 0 Å². The first-order chi connectivity index (χ1) is 9.54. The van der Waals surface area contributed by atoms with Gasteiger partial charge < -0.3 is 10.6 Å². The lowest BCUT2D eigenvalue weighted by molar-refractivity contribution is 0.0984. The highest BCUT2D eigenvalue weighted by Crippen LogP contribution is 2.22. The molecule has 104 valence electrons. The normalized spacial score (nSPS) is 10.3. The quantitative estimate of drug-likeness (QED) is 0.875. The summed E-state index contributed by atoms with van der Waals surface area (Å²) in [6, 6.07) is 10.5. The van der Waals surface area contributed by atoms with E-state index in [1.54, 1.807) is 31.2 Å². The first-order valence-corrected chi connectivity index (χ1v) is 6.16. The van der Waals surface area contributed by atoms with Gasteiger partial charge in [0.2, 0.25) is 0 Å². The SMILES string of the molecule is CCN(C(=O)c1cc(F)cc(N)c1F)c1ccccc1. The van der Waals surface area contributed by atoms with Crippen LogP contribution in [0.1, 0.15) is 17.3 Å². The third kappa shape index (κ3) is 2.61. The van der Waals surface area contributed by atoms with Crippen molar-refractivity contribution in [3.05, 3.63) is 59.7 Å². The van der Waals surface area contributed by atoms with Crippen molar-refractivity contribution in [2.75, 3.05) is 17.2 Å². The van der Waals surface area contributed by atoms with Crippen molar-refractivity contribution in [1.29, 1.82) is 0 Å². The van der Waals surface area contributed by atoms with Crippen LogP contribution in [0, 0.1) is 11.6 Å². The molecule has 0 aliphatic heterocycles. The Morgan fingerprint density at radius 3 is 2.45 bits per heavy atom. The van der Waals surface area contributed by atoms with E-state index in [0.717, 1.165) is 12.1 Å². The molecule has 0 bridgehead atoms. The topological polar surface area (TPSA) is 46.3 Å². The summed E-state index contributed by atoms with van der Waals surface area (Å²) in [4.78, 5) is 13.7. The van der Waals surface area contributed by atoms with Crippen LogP contribution in [0.5, 0.6) is 0 Å². The maximum Gasteiger partial charge on any atom is 0.261 e. The van der Waals surface area contributed by atoms with E-state index < -0.39 is 17.5 Å². The van der Waals surface area contributed by atoms with Gasteiger partial charge in [-0.05, 0) is 31.2 Å². The molecule has 2 N–H and O–H groups in total. The summed E-state index contributed by atoms with van der Waals surface area (Å²) in [5.41, 5.74) is 5.22. The molecule has 0 saturated carbocycles. The lowest BCUT2D eigenvalue weighted by atomic mass is 10.1. The molecule has 2 aromatic carbocycles. The fraction of sp³-hybridized carbons (Fsp3) is 0.133. The Kier molecular flexibility index (Phi) is 3.98. The van der Waals surface area contributed by atoms with Crippen LogP contribution in [-0.4, -0.2) is 12.5 Å². The van der Waals surface area contributed by atoms with Crippen LogP contribution in [0.15, 0.2) is 42.5 Å². The third-order valence-corrected chi connectivity index (χ3v) is 2.93. The zero-order valence-electron chi connectivity index (χ0n) is 10.9. The average molecular weight is 276 g/mol. The second kappa shape index (κ2) is 5.69. The molecule has 2 rings (SSSR count). The lowest BCUT2D eigenvalue weighted by Crippen LogP contribution is -2.31. The Labute approximate surface area is 115 Å². The van der Waals surface area contributed by atoms with Crippen molar-refractivity contribution in [2.45, 2.75) is 6.92 Å². The predicted octanol–water partition coefficient (Wildman–Crippen LogP) is 3.21. The maximum atomic E-state index is 13.9. The average Bonchev–Trinajstić information content (AvgIpc) is 2.44. The maximum absolute atomic E-state index is 13.9. The van der Waals surface area contributed by atoms with Gasteiger partial charge in [-0.2, -0.15) is 0 Å². The zero-order chi connectivity index (χ0) is 14.7. The number of nitrogen functional groups attached to an aromatic ring is 1. The van der Waals surface area contributed by atoms with E-state index in [1.807, 2.05) is 6.07 Å². The number of rotatable bonds is 3. The van der Waals surface area contributed by atoms with E-state index in [9.17, 15) is 13.6 Å². The Morgan fingerprint density at radius 1 is 1.20 bits per heavy atom. The second-order valence-electron chi connectivity index (χ2n) is 4.24. The van der Waals surface area contributed by atoms with Crippen molar-refractivity contribution in [3.63, 3.8) is 0 Å². The van der Waals surface area contributed by atoms with Gasteiger partial charge in [-0.1, -0.05) is 18.2 Å². The molecule has 0 aliphatic rings. The molecule has 2 aromatic rings. The van der Waals surface area contributed by atoms with Gasteiger partial charge in [0.1, 0.15) is 5.82 Å². The van der Waals surface area contributed by atoms with Gasteiger partial charge in [-0.25, -0.2) is 8.78 Å². The molecule has 0 atom stereocenters. The zero-order valence-corrected chi connectivity index (χ0v) is 10.9. The summed E-state index contributed by atoms with van der Waals surface area (Å²) in [5.74, 6) is -2.26. The summed E-state index contributed by atoms with van der Waals surface area (Å²) in [6.45, 7) is 2.09. The molecular weight excluding hydrogens is 262 g/mol. The predicted molar refractivity (Wildman–Crippen MR) is 74.6 cm³/mol. The number of carbonyl (C=O) groups excluding carboxylic acids is 1. The molecule has 0 heterocycles. The van der Waals surface area contributed by atoms with E-state index in [2.05, 4.69) is 0 Å². The molecule has 3 nitrogen and oxygen atoms in total. The number of benzene rings is 2. The molecule has 5 heteroatoms. The number of nitrogens with zero attached hydrogens (tertiary/aromatic N) is 1. The Bertz CT molecular complexity index is 629. The lowest BCUT2D eigenvalue weighted by Gasteiger charge is -2.21. The number of carbonyl (C=O) groups is 1. The van der Waals surface area contributed by atoms with Crippen molar-refractivity contribution in [2.24, 2.45) is 0 Å². The highest BCUT2D eigenvalue weighted by molar-refractivity contribution is 6.06. The van der Waals surface area contributed by atoms with Crippen molar-refractivity contribution >= 4 is 17.3 Å². The van der Waals surface area contributed by atoms with E-state index in [4.69, 9.17) is 5.73 Å². The minimum Gasteiger partial charge on any atom is -0.396 e. The molecule has 20 heavy (non-hydrogen) atoms. The molecule has 1 amide bonds. The Balaban J connectivity index is 2.44. The van der Waals surface area contributed by atoms with Crippen LogP contribution in [0.4, 0.5) is 20.2 Å². The van der Waals surface area contributed by atoms with Crippen LogP contribution in [0.2, 0.25) is 0 Å². The van der Waals surface area contributed by atoms with Gasteiger partial charge in [0.15, 0.2) is 5.82 Å². The smallest absolute Gasteiger partial charge is 0.261 e. The molecule has 0 radical (unpaired) electrons. The number of para-hydroxylation sites is 1. The number of halogens is 2. The minimum atomic E-state index is -0.897. The fourth-order valence-electron chi connectivity index (χ4n) is 1.96. The molecule has 0 spiro atoms. The number of hydrogen-bond acceptors (Lipinski definition) is 2. The standard InChI is InChI=1S/C15H14F2N2O/c1-2-19(11-6-4-3-5-7-11)15(20)12-8-10(16)9-13(18)14(12)17/h3-9H,2,18H2,1H3. The molecule has 0 aromatic heterocycles. The summed E-state index contributed by atoms with van der Waals surface area (Å²) < 4.78 is 27.2.